The molecule has 7 heteroatoms. The summed E-state index contributed by atoms with van der Waals surface area (Å²) in [4.78, 5) is 12.3. The van der Waals surface area contributed by atoms with Gasteiger partial charge in [-0.3, -0.25) is 5.32 Å². The van der Waals surface area contributed by atoms with Crippen LogP contribution in [0.3, 0.4) is 0 Å². The second-order valence-electron chi connectivity index (χ2n) is 5.57. The lowest BCUT2D eigenvalue weighted by Gasteiger charge is -2.10. The lowest BCUT2D eigenvalue weighted by molar-refractivity contribution is 0.174. The zero-order valence-corrected chi connectivity index (χ0v) is 13.5. The summed E-state index contributed by atoms with van der Waals surface area (Å²) in [5.41, 5.74) is 2.29. The number of hydrogen-bond donors (Lipinski definition) is 2. The molecule has 1 aromatic heterocycles. The Kier molecular flexibility index (Phi) is 3.74. The summed E-state index contributed by atoms with van der Waals surface area (Å²) in [6.07, 6.45) is 0. The number of anilines is 2. The number of para-hydroxylation sites is 1. The van der Waals surface area contributed by atoms with E-state index in [9.17, 15) is 4.79 Å². The molecule has 1 aliphatic rings. The highest BCUT2D eigenvalue weighted by atomic mass is 16.7. The van der Waals surface area contributed by atoms with E-state index in [4.69, 9.17) is 9.47 Å². The third kappa shape index (κ3) is 3.12. The summed E-state index contributed by atoms with van der Waals surface area (Å²) in [5, 5.41) is 10.0. The molecule has 0 saturated carbocycles. The van der Waals surface area contributed by atoms with Gasteiger partial charge in [-0.1, -0.05) is 18.2 Å². The standard InChI is InChI=1S/C18H16N4O3/c1-12-9-17(22(21-12)14-5-3-2-4-6-14)20-18(23)19-13-7-8-15-16(10-13)25-11-24-15/h2-10H,11H2,1H3,(H2,19,20,23). The molecule has 0 fully saturated rings. The Bertz CT molecular complexity index is 921. The maximum Gasteiger partial charge on any atom is 0.324 e. The van der Waals surface area contributed by atoms with Crippen molar-refractivity contribution in [2.45, 2.75) is 6.92 Å². The van der Waals surface area contributed by atoms with Crippen LogP contribution in [-0.4, -0.2) is 22.6 Å². The van der Waals surface area contributed by atoms with Crippen LogP contribution in [0.25, 0.3) is 5.69 Å². The number of rotatable bonds is 3. The molecule has 0 bridgehead atoms. The van der Waals surface area contributed by atoms with E-state index in [1.807, 2.05) is 43.3 Å². The Morgan fingerprint density at radius 2 is 1.84 bits per heavy atom. The fourth-order valence-electron chi connectivity index (χ4n) is 2.61. The van der Waals surface area contributed by atoms with Crippen molar-refractivity contribution in [1.29, 1.82) is 0 Å². The number of carbonyl (C=O) groups excluding carboxylic acids is 1. The van der Waals surface area contributed by atoms with Gasteiger partial charge in [0.1, 0.15) is 5.82 Å². The van der Waals surface area contributed by atoms with Gasteiger partial charge < -0.3 is 14.8 Å². The summed E-state index contributed by atoms with van der Waals surface area (Å²) in [7, 11) is 0. The predicted octanol–water partition coefficient (Wildman–Crippen LogP) is 3.55. The Labute approximate surface area is 144 Å². The predicted molar refractivity (Wildman–Crippen MR) is 93.5 cm³/mol. The normalized spacial score (nSPS) is 12.0. The van der Waals surface area contributed by atoms with Crippen LogP contribution in [0.15, 0.2) is 54.6 Å². The summed E-state index contributed by atoms with van der Waals surface area (Å²) < 4.78 is 12.3. The molecule has 0 aliphatic carbocycles. The minimum absolute atomic E-state index is 0.195. The number of ether oxygens (including phenoxy) is 2. The molecule has 126 valence electrons. The van der Waals surface area contributed by atoms with Crippen LogP contribution in [0.2, 0.25) is 0 Å². The fourth-order valence-corrected chi connectivity index (χ4v) is 2.61. The average Bonchev–Trinajstić information content (AvgIpc) is 3.21. The number of benzene rings is 2. The Morgan fingerprint density at radius 1 is 1.04 bits per heavy atom. The number of urea groups is 1. The molecule has 2 heterocycles. The number of aryl methyl sites for hydroxylation is 1. The first-order valence-corrected chi connectivity index (χ1v) is 7.79. The fraction of sp³-hybridized carbons (Fsp3) is 0.111. The molecular weight excluding hydrogens is 320 g/mol. The molecule has 0 spiro atoms. The first-order valence-electron chi connectivity index (χ1n) is 7.79. The van der Waals surface area contributed by atoms with Crippen molar-refractivity contribution >= 4 is 17.5 Å². The van der Waals surface area contributed by atoms with Gasteiger partial charge in [-0.25, -0.2) is 9.48 Å². The van der Waals surface area contributed by atoms with Crippen LogP contribution in [0.5, 0.6) is 11.5 Å². The highest BCUT2D eigenvalue weighted by Gasteiger charge is 2.15. The van der Waals surface area contributed by atoms with Gasteiger partial charge in [0.15, 0.2) is 11.5 Å². The van der Waals surface area contributed by atoms with Crippen molar-refractivity contribution in [3.8, 4) is 17.2 Å². The zero-order chi connectivity index (χ0) is 17.2. The Hall–Kier alpha value is -3.48. The highest BCUT2D eigenvalue weighted by molar-refractivity contribution is 5.99. The van der Waals surface area contributed by atoms with Crippen LogP contribution in [0, 0.1) is 6.92 Å². The van der Waals surface area contributed by atoms with Crippen LogP contribution >= 0.6 is 0 Å². The molecule has 2 aromatic carbocycles. The van der Waals surface area contributed by atoms with E-state index in [1.165, 1.54) is 0 Å². The lowest BCUT2D eigenvalue weighted by atomic mass is 10.3. The number of aromatic nitrogens is 2. The second-order valence-corrected chi connectivity index (χ2v) is 5.57. The van der Waals surface area contributed by atoms with E-state index in [0.29, 0.717) is 23.0 Å². The maximum atomic E-state index is 12.3. The molecule has 2 N–H and O–H groups in total. The van der Waals surface area contributed by atoms with Crippen molar-refractivity contribution < 1.29 is 14.3 Å². The van der Waals surface area contributed by atoms with Crippen molar-refractivity contribution in [3.63, 3.8) is 0 Å². The van der Waals surface area contributed by atoms with Crippen molar-refractivity contribution in [2.24, 2.45) is 0 Å². The Morgan fingerprint density at radius 3 is 2.68 bits per heavy atom. The van der Waals surface area contributed by atoms with Gasteiger partial charge in [0.25, 0.3) is 0 Å². The lowest BCUT2D eigenvalue weighted by Crippen LogP contribution is -2.21. The van der Waals surface area contributed by atoms with E-state index in [1.54, 1.807) is 22.9 Å². The van der Waals surface area contributed by atoms with Crippen LogP contribution in [-0.2, 0) is 0 Å². The number of nitrogens with zero attached hydrogens (tertiary/aromatic N) is 2. The molecule has 25 heavy (non-hydrogen) atoms. The molecule has 4 rings (SSSR count). The first kappa shape index (κ1) is 15.1. The largest absolute Gasteiger partial charge is 0.454 e. The van der Waals surface area contributed by atoms with E-state index in [2.05, 4.69) is 15.7 Å². The third-order valence-corrected chi connectivity index (χ3v) is 3.70. The molecule has 0 atom stereocenters. The number of hydrogen-bond acceptors (Lipinski definition) is 4. The van der Waals surface area contributed by atoms with Gasteiger partial charge >= 0.3 is 6.03 Å². The number of amides is 2. The van der Waals surface area contributed by atoms with E-state index < -0.39 is 0 Å². The molecule has 3 aromatic rings. The average molecular weight is 336 g/mol. The van der Waals surface area contributed by atoms with Gasteiger partial charge in [-0.05, 0) is 31.2 Å². The molecular formula is C18H16N4O3. The summed E-state index contributed by atoms with van der Waals surface area (Å²) in [6, 6.07) is 16.3. The molecule has 0 radical (unpaired) electrons. The number of fused-ring (bicyclic) bond motifs is 1. The molecule has 0 saturated heterocycles. The minimum atomic E-state index is -0.365. The number of carbonyl (C=O) groups is 1. The van der Waals surface area contributed by atoms with Crippen molar-refractivity contribution in [1.82, 2.24) is 9.78 Å². The smallest absolute Gasteiger partial charge is 0.324 e. The van der Waals surface area contributed by atoms with Crippen molar-refractivity contribution in [2.75, 3.05) is 17.4 Å². The molecule has 2 amide bonds. The monoisotopic (exact) mass is 336 g/mol. The van der Waals surface area contributed by atoms with Gasteiger partial charge in [0, 0.05) is 17.8 Å². The van der Waals surface area contributed by atoms with Gasteiger partial charge in [-0.2, -0.15) is 5.10 Å². The summed E-state index contributed by atoms with van der Waals surface area (Å²) in [5.74, 6) is 1.87. The van der Waals surface area contributed by atoms with Gasteiger partial charge in [-0.15, -0.1) is 0 Å². The second kappa shape index (κ2) is 6.20. The molecule has 0 unspecified atom stereocenters. The van der Waals surface area contributed by atoms with E-state index >= 15 is 0 Å². The van der Waals surface area contributed by atoms with Crippen LogP contribution < -0.4 is 20.1 Å². The topological polar surface area (TPSA) is 77.4 Å². The Balaban J connectivity index is 1.52. The quantitative estimate of drug-likeness (QED) is 0.767. The van der Waals surface area contributed by atoms with Crippen LogP contribution in [0.1, 0.15) is 5.69 Å². The number of nitrogens with one attached hydrogen (secondary N) is 2. The summed E-state index contributed by atoms with van der Waals surface area (Å²) >= 11 is 0. The molecule has 1 aliphatic heterocycles. The van der Waals surface area contributed by atoms with Crippen LogP contribution in [0.4, 0.5) is 16.3 Å². The SMILES string of the molecule is Cc1cc(NC(=O)Nc2ccc3c(c2)OCO3)n(-c2ccccc2)n1. The first-order chi connectivity index (χ1) is 12.2. The summed E-state index contributed by atoms with van der Waals surface area (Å²) in [6.45, 7) is 2.07. The van der Waals surface area contributed by atoms with Gasteiger partial charge in [0.05, 0.1) is 11.4 Å². The minimum Gasteiger partial charge on any atom is -0.454 e. The highest BCUT2D eigenvalue weighted by Crippen LogP contribution is 2.34. The van der Waals surface area contributed by atoms with E-state index in [-0.39, 0.29) is 12.8 Å². The maximum absolute atomic E-state index is 12.3. The van der Waals surface area contributed by atoms with Gasteiger partial charge in [0.2, 0.25) is 6.79 Å². The zero-order valence-electron chi connectivity index (χ0n) is 13.5. The molecule has 7 nitrogen and oxygen atoms in total. The van der Waals surface area contributed by atoms with E-state index in [0.717, 1.165) is 11.4 Å². The van der Waals surface area contributed by atoms with Crippen molar-refractivity contribution in [3.05, 3.63) is 60.3 Å². The third-order valence-electron chi connectivity index (χ3n) is 3.70.